The molecule has 1 fully saturated rings. The lowest BCUT2D eigenvalue weighted by atomic mass is 10.1. The largest absolute Gasteiger partial charge is 0.493 e. The number of methoxy groups -OCH3 is 1. The van der Waals surface area contributed by atoms with Gasteiger partial charge in [0.25, 0.3) is 11.8 Å². The monoisotopic (exact) mass is 498 g/mol. The third-order valence-corrected chi connectivity index (χ3v) is 4.93. The van der Waals surface area contributed by atoms with Crippen LogP contribution >= 0.6 is 15.9 Å². The van der Waals surface area contributed by atoms with Gasteiger partial charge in [0.05, 0.1) is 22.8 Å². The third kappa shape index (κ3) is 4.48. The molecule has 4 amide bonds. The molecule has 32 heavy (non-hydrogen) atoms. The first-order valence-corrected chi connectivity index (χ1v) is 9.74. The zero-order valence-corrected chi connectivity index (χ0v) is 18.1. The Morgan fingerprint density at radius 3 is 2.53 bits per heavy atom. The van der Waals surface area contributed by atoms with Crippen LogP contribution in [-0.4, -0.2) is 42.6 Å². The number of aromatic carboxylic acids is 1. The van der Waals surface area contributed by atoms with Crippen LogP contribution in [0.5, 0.6) is 11.5 Å². The first-order chi connectivity index (χ1) is 15.3. The van der Waals surface area contributed by atoms with E-state index in [0.29, 0.717) is 21.5 Å². The third-order valence-electron chi connectivity index (χ3n) is 4.34. The lowest BCUT2D eigenvalue weighted by Crippen LogP contribution is -2.54. The van der Waals surface area contributed by atoms with Gasteiger partial charge in [-0.05, 0) is 64.0 Å². The molecule has 2 aromatic carbocycles. The number of anilines is 1. The molecule has 0 spiro atoms. The van der Waals surface area contributed by atoms with Gasteiger partial charge in [0, 0.05) is 0 Å². The summed E-state index contributed by atoms with van der Waals surface area (Å²) in [4.78, 5) is 49.4. The lowest BCUT2D eigenvalue weighted by molar-refractivity contribution is -0.122. The lowest BCUT2D eigenvalue weighted by Gasteiger charge is -2.26. The fourth-order valence-electron chi connectivity index (χ4n) is 2.89. The van der Waals surface area contributed by atoms with Gasteiger partial charge < -0.3 is 14.6 Å². The van der Waals surface area contributed by atoms with E-state index in [1.807, 2.05) is 0 Å². The minimum absolute atomic E-state index is 0.00796. The van der Waals surface area contributed by atoms with E-state index in [4.69, 9.17) is 21.0 Å². The van der Waals surface area contributed by atoms with Crippen LogP contribution in [0.4, 0.5) is 10.5 Å². The molecule has 0 bridgehead atoms. The predicted octanol–water partition coefficient (Wildman–Crippen LogP) is 2.83. The Hall–Kier alpha value is -4.10. The van der Waals surface area contributed by atoms with Gasteiger partial charge in [0.1, 0.15) is 12.2 Å². The number of terminal acetylenes is 1. The Balaban J connectivity index is 2.00. The molecule has 0 aromatic heterocycles. The number of carbonyl (C=O) groups excluding carboxylic acids is 3. The highest BCUT2D eigenvalue weighted by molar-refractivity contribution is 9.10. The number of carbonyl (C=O) groups is 4. The standard InChI is InChI=1S/C22H15BrN2O7/c1-3-8-32-18-16(23)10-12(11-17(18)31-2)9-15-19(26)24-22(30)25(20(15)27)14-6-4-13(5-7-14)21(28)29/h1,4-7,9-11H,8H2,2H3,(H,28,29)(H,24,26,30)/b15-9+. The fourth-order valence-corrected chi connectivity index (χ4v) is 3.46. The number of rotatable bonds is 6. The number of benzene rings is 2. The Morgan fingerprint density at radius 2 is 1.94 bits per heavy atom. The number of urea groups is 1. The molecule has 3 rings (SSSR count). The van der Waals surface area contributed by atoms with Crippen molar-refractivity contribution in [1.82, 2.24) is 5.32 Å². The molecule has 0 saturated carbocycles. The van der Waals surface area contributed by atoms with E-state index in [2.05, 4.69) is 27.2 Å². The molecule has 0 aliphatic carbocycles. The Labute approximate surface area is 190 Å². The van der Waals surface area contributed by atoms with E-state index in [0.717, 1.165) is 4.90 Å². The van der Waals surface area contributed by atoms with Crippen LogP contribution in [0.1, 0.15) is 15.9 Å². The van der Waals surface area contributed by atoms with Gasteiger partial charge in [-0.25, -0.2) is 14.5 Å². The summed E-state index contributed by atoms with van der Waals surface area (Å²) in [5.74, 6) is 0.0985. The molecule has 1 saturated heterocycles. The molecule has 0 unspecified atom stereocenters. The maximum absolute atomic E-state index is 13.0. The van der Waals surface area contributed by atoms with E-state index in [9.17, 15) is 19.2 Å². The minimum Gasteiger partial charge on any atom is -0.493 e. The van der Waals surface area contributed by atoms with Crippen molar-refractivity contribution in [3.05, 3.63) is 57.6 Å². The zero-order valence-electron chi connectivity index (χ0n) is 16.5. The second kappa shape index (κ2) is 9.36. The molecular weight excluding hydrogens is 484 g/mol. The Bertz CT molecular complexity index is 1200. The van der Waals surface area contributed by atoms with E-state index in [1.54, 1.807) is 6.07 Å². The summed E-state index contributed by atoms with van der Waals surface area (Å²) in [6.07, 6.45) is 6.51. The molecule has 1 heterocycles. The Morgan fingerprint density at radius 1 is 1.25 bits per heavy atom. The summed E-state index contributed by atoms with van der Waals surface area (Å²) in [5.41, 5.74) is 0.191. The van der Waals surface area contributed by atoms with Gasteiger partial charge in [0.15, 0.2) is 11.5 Å². The quantitative estimate of drug-likeness (QED) is 0.356. The normalized spacial score (nSPS) is 14.7. The second-order valence-electron chi connectivity index (χ2n) is 6.34. The fraction of sp³-hybridized carbons (Fsp3) is 0.0909. The second-order valence-corrected chi connectivity index (χ2v) is 7.19. The van der Waals surface area contributed by atoms with Crippen molar-refractivity contribution in [1.29, 1.82) is 0 Å². The summed E-state index contributed by atoms with van der Waals surface area (Å²) in [7, 11) is 1.42. The van der Waals surface area contributed by atoms with Crippen molar-refractivity contribution in [3.8, 4) is 23.8 Å². The molecule has 0 radical (unpaired) electrons. The van der Waals surface area contributed by atoms with Crippen LogP contribution in [0.15, 0.2) is 46.4 Å². The first kappa shape index (κ1) is 22.6. The Kier molecular flexibility index (Phi) is 6.61. The number of carboxylic acid groups (broad SMARTS) is 1. The molecule has 10 heteroatoms. The molecular formula is C22H15BrN2O7. The molecule has 2 N–H and O–H groups in total. The maximum atomic E-state index is 13.0. The number of amides is 4. The first-order valence-electron chi connectivity index (χ1n) is 8.95. The van der Waals surface area contributed by atoms with Crippen LogP contribution in [-0.2, 0) is 9.59 Å². The summed E-state index contributed by atoms with van der Waals surface area (Å²) in [6.45, 7) is 0.00796. The number of nitrogens with one attached hydrogen (secondary N) is 1. The average molecular weight is 499 g/mol. The zero-order chi connectivity index (χ0) is 23.4. The van der Waals surface area contributed by atoms with E-state index < -0.39 is 23.8 Å². The summed E-state index contributed by atoms with van der Waals surface area (Å²) in [5, 5.41) is 11.1. The van der Waals surface area contributed by atoms with Crippen molar-refractivity contribution in [2.45, 2.75) is 0 Å². The smallest absolute Gasteiger partial charge is 0.335 e. The number of barbiturate groups is 1. The van der Waals surface area contributed by atoms with Crippen molar-refractivity contribution in [2.24, 2.45) is 0 Å². The van der Waals surface area contributed by atoms with Crippen LogP contribution in [0.25, 0.3) is 6.08 Å². The van der Waals surface area contributed by atoms with Crippen LogP contribution in [0, 0.1) is 12.3 Å². The topological polar surface area (TPSA) is 122 Å². The van der Waals surface area contributed by atoms with Crippen molar-refractivity contribution < 1.29 is 33.8 Å². The van der Waals surface area contributed by atoms with Gasteiger partial charge in [-0.2, -0.15) is 0 Å². The van der Waals surface area contributed by atoms with Crippen LogP contribution < -0.4 is 19.7 Å². The van der Waals surface area contributed by atoms with Crippen molar-refractivity contribution in [2.75, 3.05) is 18.6 Å². The highest BCUT2D eigenvalue weighted by Crippen LogP contribution is 2.37. The van der Waals surface area contributed by atoms with Gasteiger partial charge in [-0.3, -0.25) is 14.9 Å². The van der Waals surface area contributed by atoms with Crippen molar-refractivity contribution in [3.63, 3.8) is 0 Å². The minimum atomic E-state index is -1.16. The van der Waals surface area contributed by atoms with Gasteiger partial charge in [-0.15, -0.1) is 6.42 Å². The maximum Gasteiger partial charge on any atom is 0.335 e. The molecule has 1 aliphatic rings. The number of nitrogens with zero attached hydrogens (tertiary/aromatic N) is 1. The molecule has 1 aliphatic heterocycles. The molecule has 162 valence electrons. The van der Waals surface area contributed by atoms with Crippen LogP contribution in [0.3, 0.4) is 0 Å². The van der Waals surface area contributed by atoms with E-state index in [1.165, 1.54) is 43.5 Å². The highest BCUT2D eigenvalue weighted by Gasteiger charge is 2.37. The average Bonchev–Trinajstić information content (AvgIpc) is 2.75. The summed E-state index contributed by atoms with van der Waals surface area (Å²) >= 11 is 3.34. The van der Waals surface area contributed by atoms with Gasteiger partial charge >= 0.3 is 12.0 Å². The predicted molar refractivity (Wildman–Crippen MR) is 117 cm³/mol. The number of hydrogen-bond donors (Lipinski definition) is 2. The number of halogens is 1. The number of imide groups is 2. The van der Waals surface area contributed by atoms with E-state index >= 15 is 0 Å². The summed E-state index contributed by atoms with van der Waals surface area (Å²) in [6, 6.07) is 7.26. The van der Waals surface area contributed by atoms with Gasteiger partial charge in [-0.1, -0.05) is 5.92 Å². The molecule has 0 atom stereocenters. The van der Waals surface area contributed by atoms with E-state index in [-0.39, 0.29) is 23.4 Å². The summed E-state index contributed by atoms with van der Waals surface area (Å²) < 4.78 is 11.2. The van der Waals surface area contributed by atoms with Crippen LogP contribution in [0.2, 0.25) is 0 Å². The number of ether oxygens (including phenoxy) is 2. The number of hydrogen-bond acceptors (Lipinski definition) is 6. The van der Waals surface area contributed by atoms with Gasteiger partial charge in [0.2, 0.25) is 0 Å². The molecule has 9 nitrogen and oxygen atoms in total. The van der Waals surface area contributed by atoms with Crippen molar-refractivity contribution >= 4 is 51.5 Å². The highest BCUT2D eigenvalue weighted by atomic mass is 79.9. The molecule has 2 aromatic rings. The number of carboxylic acids is 1. The SMILES string of the molecule is C#CCOc1c(Br)cc(/C=C2\C(=O)NC(=O)N(c3ccc(C(=O)O)cc3)C2=O)cc1OC.